The number of anilines is 1. The SMILES string of the molecule is CC(C)(C)OC(=O)N1CCOC(C(=O)N2CCc3ccccc32)C1. The van der Waals surface area contributed by atoms with Gasteiger partial charge in [-0.15, -0.1) is 0 Å². The first-order chi connectivity index (χ1) is 11.3. The second-order valence-electron chi connectivity index (χ2n) is 7.15. The molecule has 0 aromatic heterocycles. The lowest BCUT2D eigenvalue weighted by molar-refractivity contribution is -0.135. The lowest BCUT2D eigenvalue weighted by Crippen LogP contribution is -2.53. The molecule has 0 spiro atoms. The highest BCUT2D eigenvalue weighted by Gasteiger charge is 2.36. The smallest absolute Gasteiger partial charge is 0.410 e. The van der Waals surface area contributed by atoms with E-state index in [-0.39, 0.29) is 12.5 Å². The van der Waals surface area contributed by atoms with E-state index in [9.17, 15) is 9.59 Å². The fourth-order valence-electron chi connectivity index (χ4n) is 3.03. The van der Waals surface area contributed by atoms with Crippen LogP contribution in [-0.2, 0) is 20.7 Å². The van der Waals surface area contributed by atoms with Crippen LogP contribution in [0.1, 0.15) is 26.3 Å². The quantitative estimate of drug-likeness (QED) is 0.791. The van der Waals surface area contributed by atoms with Gasteiger partial charge in [-0.25, -0.2) is 4.79 Å². The number of benzene rings is 1. The van der Waals surface area contributed by atoms with Crippen molar-refractivity contribution in [3.8, 4) is 0 Å². The topological polar surface area (TPSA) is 59.1 Å². The van der Waals surface area contributed by atoms with Crippen molar-refractivity contribution >= 4 is 17.7 Å². The number of carbonyl (C=O) groups is 2. The van der Waals surface area contributed by atoms with E-state index in [1.807, 2.05) is 45.0 Å². The average Bonchev–Trinajstić information content (AvgIpc) is 2.97. The van der Waals surface area contributed by atoms with Gasteiger partial charge in [-0.05, 0) is 38.8 Å². The zero-order valence-corrected chi connectivity index (χ0v) is 14.4. The molecule has 1 aromatic rings. The predicted molar refractivity (Wildman–Crippen MR) is 90.0 cm³/mol. The molecule has 130 valence electrons. The van der Waals surface area contributed by atoms with Crippen LogP contribution in [0.5, 0.6) is 0 Å². The third-order valence-electron chi connectivity index (χ3n) is 4.15. The van der Waals surface area contributed by atoms with Crippen molar-refractivity contribution in [3.63, 3.8) is 0 Å². The predicted octanol–water partition coefficient (Wildman–Crippen LogP) is 2.21. The maximum atomic E-state index is 12.8. The van der Waals surface area contributed by atoms with Gasteiger partial charge in [0.05, 0.1) is 13.2 Å². The summed E-state index contributed by atoms with van der Waals surface area (Å²) in [4.78, 5) is 28.4. The second kappa shape index (κ2) is 6.43. The molecular formula is C18H24N2O4. The Balaban J connectivity index is 1.67. The number of para-hydroxylation sites is 1. The molecule has 6 nitrogen and oxygen atoms in total. The number of amides is 2. The molecule has 1 atom stereocenters. The zero-order chi connectivity index (χ0) is 17.3. The second-order valence-corrected chi connectivity index (χ2v) is 7.15. The van der Waals surface area contributed by atoms with Gasteiger partial charge >= 0.3 is 6.09 Å². The van der Waals surface area contributed by atoms with Crippen LogP contribution in [-0.4, -0.2) is 54.8 Å². The highest BCUT2D eigenvalue weighted by molar-refractivity contribution is 5.98. The van der Waals surface area contributed by atoms with Crippen molar-refractivity contribution in [3.05, 3.63) is 29.8 Å². The number of rotatable bonds is 1. The third kappa shape index (κ3) is 3.53. The Hall–Kier alpha value is -2.08. The minimum atomic E-state index is -0.641. The van der Waals surface area contributed by atoms with Crippen LogP contribution in [0.2, 0.25) is 0 Å². The molecule has 24 heavy (non-hydrogen) atoms. The number of nitrogens with zero attached hydrogens (tertiary/aromatic N) is 2. The molecule has 2 aliphatic heterocycles. The number of carbonyl (C=O) groups excluding carboxylic acids is 2. The van der Waals surface area contributed by atoms with E-state index in [4.69, 9.17) is 9.47 Å². The molecule has 3 rings (SSSR count). The van der Waals surface area contributed by atoms with Gasteiger partial charge in [0.1, 0.15) is 5.60 Å². The summed E-state index contributed by atoms with van der Waals surface area (Å²) >= 11 is 0. The van der Waals surface area contributed by atoms with E-state index in [0.29, 0.717) is 19.7 Å². The summed E-state index contributed by atoms with van der Waals surface area (Å²) in [6.45, 7) is 7.15. The zero-order valence-electron chi connectivity index (χ0n) is 14.4. The van der Waals surface area contributed by atoms with Crippen LogP contribution in [0.3, 0.4) is 0 Å². The van der Waals surface area contributed by atoms with Crippen molar-refractivity contribution in [2.45, 2.75) is 38.9 Å². The maximum absolute atomic E-state index is 12.8. The Kier molecular flexibility index (Phi) is 4.49. The minimum Gasteiger partial charge on any atom is -0.444 e. The Labute approximate surface area is 142 Å². The van der Waals surface area contributed by atoms with E-state index >= 15 is 0 Å². The first-order valence-corrected chi connectivity index (χ1v) is 8.34. The van der Waals surface area contributed by atoms with Gasteiger partial charge in [0, 0.05) is 18.8 Å². The Morgan fingerprint density at radius 1 is 1.21 bits per heavy atom. The lowest BCUT2D eigenvalue weighted by Gasteiger charge is -2.35. The van der Waals surface area contributed by atoms with Crippen LogP contribution in [0.15, 0.2) is 24.3 Å². The molecule has 2 aliphatic rings. The van der Waals surface area contributed by atoms with Crippen LogP contribution < -0.4 is 4.90 Å². The molecule has 2 amide bonds. The molecule has 0 aliphatic carbocycles. The summed E-state index contributed by atoms with van der Waals surface area (Å²) in [5.74, 6) is -0.0896. The molecule has 0 saturated carbocycles. The first-order valence-electron chi connectivity index (χ1n) is 8.34. The van der Waals surface area contributed by atoms with Crippen LogP contribution in [0, 0.1) is 0 Å². The van der Waals surface area contributed by atoms with Gasteiger partial charge in [0.25, 0.3) is 5.91 Å². The number of fused-ring (bicyclic) bond motifs is 1. The minimum absolute atomic E-state index is 0.0896. The molecule has 6 heteroatoms. The molecular weight excluding hydrogens is 308 g/mol. The van der Waals surface area contributed by atoms with Crippen molar-refractivity contribution < 1.29 is 19.1 Å². The normalized spacial score (nSPS) is 20.7. The number of morpholine rings is 1. The molecule has 0 N–H and O–H groups in total. The molecule has 1 aromatic carbocycles. The van der Waals surface area contributed by atoms with Crippen molar-refractivity contribution in [1.82, 2.24) is 4.90 Å². The fraction of sp³-hybridized carbons (Fsp3) is 0.556. The average molecular weight is 332 g/mol. The number of hydrogen-bond donors (Lipinski definition) is 0. The van der Waals surface area contributed by atoms with Gasteiger partial charge in [-0.2, -0.15) is 0 Å². The van der Waals surface area contributed by atoms with E-state index in [0.717, 1.165) is 12.1 Å². The Morgan fingerprint density at radius 2 is 1.96 bits per heavy atom. The summed E-state index contributed by atoms with van der Waals surface area (Å²) in [5.41, 5.74) is 1.56. The van der Waals surface area contributed by atoms with E-state index in [2.05, 4.69) is 0 Å². The maximum Gasteiger partial charge on any atom is 0.410 e. The van der Waals surface area contributed by atoms with Crippen molar-refractivity contribution in [2.75, 3.05) is 31.1 Å². The van der Waals surface area contributed by atoms with Crippen molar-refractivity contribution in [2.24, 2.45) is 0 Å². The van der Waals surface area contributed by atoms with Crippen LogP contribution >= 0.6 is 0 Å². The Morgan fingerprint density at radius 3 is 2.71 bits per heavy atom. The monoisotopic (exact) mass is 332 g/mol. The fourth-order valence-corrected chi connectivity index (χ4v) is 3.03. The Bertz CT molecular complexity index is 638. The summed E-state index contributed by atoms with van der Waals surface area (Å²) in [6.07, 6.45) is -0.187. The molecule has 1 saturated heterocycles. The molecule has 1 unspecified atom stereocenters. The number of ether oxygens (including phenoxy) is 2. The summed E-state index contributed by atoms with van der Waals surface area (Å²) in [7, 11) is 0. The first kappa shape index (κ1) is 16.8. The molecule has 0 radical (unpaired) electrons. The summed E-state index contributed by atoms with van der Waals surface area (Å²) in [5, 5.41) is 0. The van der Waals surface area contributed by atoms with Crippen LogP contribution in [0.25, 0.3) is 0 Å². The summed E-state index contributed by atoms with van der Waals surface area (Å²) < 4.78 is 11.0. The molecule has 2 heterocycles. The van der Waals surface area contributed by atoms with Gasteiger partial charge in [0.15, 0.2) is 6.10 Å². The standard InChI is InChI=1S/C18H24N2O4/c1-18(2,3)24-17(22)19-10-11-23-15(12-19)16(21)20-9-8-13-6-4-5-7-14(13)20/h4-7,15H,8-12H2,1-3H3. The van der Waals surface area contributed by atoms with E-state index in [1.54, 1.807) is 9.80 Å². The van der Waals surface area contributed by atoms with Gasteiger partial charge < -0.3 is 19.3 Å². The highest BCUT2D eigenvalue weighted by Crippen LogP contribution is 2.28. The molecule has 0 bridgehead atoms. The van der Waals surface area contributed by atoms with Crippen LogP contribution in [0.4, 0.5) is 10.5 Å². The third-order valence-corrected chi connectivity index (χ3v) is 4.15. The van der Waals surface area contributed by atoms with E-state index < -0.39 is 17.8 Å². The highest BCUT2D eigenvalue weighted by atomic mass is 16.6. The molecule has 1 fully saturated rings. The van der Waals surface area contributed by atoms with Gasteiger partial charge in [0.2, 0.25) is 0 Å². The number of hydrogen-bond acceptors (Lipinski definition) is 4. The summed E-state index contributed by atoms with van der Waals surface area (Å²) in [6, 6.07) is 7.90. The van der Waals surface area contributed by atoms with Gasteiger partial charge in [-0.3, -0.25) is 4.79 Å². The van der Waals surface area contributed by atoms with Crippen molar-refractivity contribution in [1.29, 1.82) is 0 Å². The lowest BCUT2D eigenvalue weighted by atomic mass is 10.2. The van der Waals surface area contributed by atoms with Gasteiger partial charge in [-0.1, -0.05) is 18.2 Å². The largest absolute Gasteiger partial charge is 0.444 e. The van der Waals surface area contributed by atoms with E-state index in [1.165, 1.54) is 5.56 Å².